The maximum atomic E-state index is 13.5. The Balaban J connectivity index is 1.84. The lowest BCUT2D eigenvalue weighted by Crippen LogP contribution is -2.16. The third kappa shape index (κ3) is 2.00. The Hall–Kier alpha value is -1.79. The van der Waals surface area contributed by atoms with E-state index in [9.17, 15) is 4.39 Å². The first-order chi connectivity index (χ1) is 8.74. The number of hydrogen-bond acceptors (Lipinski definition) is 4. The minimum absolute atomic E-state index is 0.286. The Labute approximate surface area is 107 Å². The van der Waals surface area contributed by atoms with Crippen LogP contribution in [0.1, 0.15) is 17.4 Å². The van der Waals surface area contributed by atoms with Gasteiger partial charge in [-0.3, -0.25) is 9.38 Å². The van der Waals surface area contributed by atoms with Gasteiger partial charge in [0.2, 0.25) is 0 Å². The van der Waals surface area contributed by atoms with E-state index in [1.807, 2.05) is 22.2 Å². The molecule has 2 N–H and O–H groups in total. The molecule has 0 radical (unpaired) electrons. The number of thiazole rings is 1. The smallest absolute Gasteiger partial charge is 0.193 e. The second-order valence-corrected chi connectivity index (χ2v) is 4.88. The summed E-state index contributed by atoms with van der Waals surface area (Å²) in [4.78, 5) is 9.32. The zero-order chi connectivity index (χ0) is 12.5. The van der Waals surface area contributed by atoms with E-state index < -0.39 is 6.04 Å². The molecule has 0 aliphatic carbocycles. The third-order valence-corrected chi connectivity index (χ3v) is 3.48. The number of aromatic nitrogens is 3. The summed E-state index contributed by atoms with van der Waals surface area (Å²) < 4.78 is 15.5. The molecule has 0 aliphatic heterocycles. The van der Waals surface area contributed by atoms with Gasteiger partial charge in [0, 0.05) is 30.4 Å². The molecule has 3 aromatic heterocycles. The van der Waals surface area contributed by atoms with Gasteiger partial charge in [0.15, 0.2) is 4.96 Å². The highest BCUT2D eigenvalue weighted by Crippen LogP contribution is 2.18. The van der Waals surface area contributed by atoms with Gasteiger partial charge in [0.25, 0.3) is 0 Å². The van der Waals surface area contributed by atoms with Gasteiger partial charge in [-0.15, -0.1) is 11.3 Å². The summed E-state index contributed by atoms with van der Waals surface area (Å²) in [5.74, 6) is -0.369. The van der Waals surface area contributed by atoms with Crippen molar-refractivity contribution in [1.82, 2.24) is 14.4 Å². The predicted octanol–water partition coefficient (Wildman–Crippen LogP) is 2.17. The number of imidazole rings is 1. The Morgan fingerprint density at radius 2 is 2.39 bits per heavy atom. The number of nitrogens with zero attached hydrogens (tertiary/aromatic N) is 3. The van der Waals surface area contributed by atoms with Crippen molar-refractivity contribution in [3.8, 4) is 0 Å². The fraction of sp³-hybridized carbons (Fsp3) is 0.167. The van der Waals surface area contributed by atoms with Gasteiger partial charge in [-0.25, -0.2) is 9.37 Å². The maximum Gasteiger partial charge on any atom is 0.193 e. The molecule has 0 spiro atoms. The van der Waals surface area contributed by atoms with Crippen molar-refractivity contribution >= 4 is 16.3 Å². The first-order valence-corrected chi connectivity index (χ1v) is 6.39. The second kappa shape index (κ2) is 4.47. The molecule has 6 heteroatoms. The lowest BCUT2D eigenvalue weighted by atomic mass is 10.1. The summed E-state index contributed by atoms with van der Waals surface area (Å²) in [6.07, 6.45) is 5.86. The van der Waals surface area contributed by atoms with Crippen LogP contribution in [0.3, 0.4) is 0 Å². The van der Waals surface area contributed by atoms with Gasteiger partial charge in [0.05, 0.1) is 17.4 Å². The van der Waals surface area contributed by atoms with E-state index >= 15 is 0 Å². The fourth-order valence-corrected chi connectivity index (χ4v) is 2.59. The molecule has 0 bridgehead atoms. The summed E-state index contributed by atoms with van der Waals surface area (Å²) in [5.41, 5.74) is 7.10. The lowest BCUT2D eigenvalue weighted by Gasteiger charge is -2.09. The van der Waals surface area contributed by atoms with E-state index in [4.69, 9.17) is 5.73 Å². The van der Waals surface area contributed by atoms with Gasteiger partial charge < -0.3 is 5.73 Å². The van der Waals surface area contributed by atoms with Crippen LogP contribution in [0.2, 0.25) is 0 Å². The summed E-state index contributed by atoms with van der Waals surface area (Å²) in [6.45, 7) is 0. The average molecular weight is 262 g/mol. The molecule has 3 aromatic rings. The number of halogens is 1. The predicted molar refractivity (Wildman–Crippen MR) is 67.9 cm³/mol. The monoisotopic (exact) mass is 262 g/mol. The van der Waals surface area contributed by atoms with Crippen LogP contribution < -0.4 is 5.73 Å². The highest BCUT2D eigenvalue weighted by atomic mass is 32.1. The molecular formula is C12H11FN4S. The third-order valence-electron chi connectivity index (χ3n) is 2.71. The second-order valence-electron chi connectivity index (χ2n) is 4.01. The number of rotatable bonds is 3. The van der Waals surface area contributed by atoms with Gasteiger partial charge >= 0.3 is 0 Å². The normalized spacial score (nSPS) is 13.0. The van der Waals surface area contributed by atoms with Crippen molar-refractivity contribution in [3.05, 3.63) is 53.3 Å². The minimum Gasteiger partial charge on any atom is -0.322 e. The van der Waals surface area contributed by atoms with Crippen molar-refractivity contribution in [2.75, 3.05) is 0 Å². The lowest BCUT2D eigenvalue weighted by molar-refractivity contribution is 0.562. The molecule has 4 nitrogen and oxygen atoms in total. The Morgan fingerprint density at radius 3 is 3.17 bits per heavy atom. The van der Waals surface area contributed by atoms with Gasteiger partial charge in [0.1, 0.15) is 5.82 Å². The molecule has 0 fully saturated rings. The molecule has 3 heterocycles. The quantitative estimate of drug-likeness (QED) is 0.787. The van der Waals surface area contributed by atoms with E-state index in [0.717, 1.165) is 10.7 Å². The molecule has 0 aromatic carbocycles. The van der Waals surface area contributed by atoms with Crippen LogP contribution in [-0.4, -0.2) is 14.4 Å². The SMILES string of the molecule is NC(Cc1cn2ccsc2n1)c1ncccc1F. The summed E-state index contributed by atoms with van der Waals surface area (Å²) in [5, 5.41) is 1.96. The van der Waals surface area contributed by atoms with Crippen LogP contribution in [0.25, 0.3) is 4.96 Å². The van der Waals surface area contributed by atoms with Crippen LogP contribution >= 0.6 is 11.3 Å². The van der Waals surface area contributed by atoms with E-state index in [1.165, 1.54) is 6.07 Å². The van der Waals surface area contributed by atoms with E-state index in [2.05, 4.69) is 9.97 Å². The summed E-state index contributed by atoms with van der Waals surface area (Å²) in [6, 6.07) is 2.45. The molecule has 3 rings (SSSR count). The highest BCUT2D eigenvalue weighted by Gasteiger charge is 2.15. The molecule has 1 atom stereocenters. The van der Waals surface area contributed by atoms with Crippen molar-refractivity contribution in [1.29, 1.82) is 0 Å². The molecule has 0 amide bonds. The largest absolute Gasteiger partial charge is 0.322 e. The first-order valence-electron chi connectivity index (χ1n) is 5.51. The van der Waals surface area contributed by atoms with Gasteiger partial charge in [-0.1, -0.05) is 0 Å². The standard InChI is InChI=1S/C12H11FN4S/c13-9-2-1-3-15-11(9)10(14)6-8-7-17-4-5-18-12(17)16-8/h1-5,7,10H,6,14H2. The number of nitrogens with two attached hydrogens (primary N) is 1. The maximum absolute atomic E-state index is 13.5. The average Bonchev–Trinajstić information content (AvgIpc) is 2.90. The van der Waals surface area contributed by atoms with Gasteiger partial charge in [-0.2, -0.15) is 0 Å². The molecule has 0 aliphatic rings. The molecular weight excluding hydrogens is 251 g/mol. The van der Waals surface area contributed by atoms with E-state index in [1.54, 1.807) is 23.6 Å². The number of pyridine rings is 1. The molecule has 92 valence electrons. The molecule has 1 unspecified atom stereocenters. The van der Waals surface area contributed by atoms with Crippen molar-refractivity contribution in [2.24, 2.45) is 5.73 Å². The fourth-order valence-electron chi connectivity index (χ4n) is 1.87. The van der Waals surface area contributed by atoms with Crippen LogP contribution in [-0.2, 0) is 6.42 Å². The van der Waals surface area contributed by atoms with Crippen LogP contribution in [0.5, 0.6) is 0 Å². The molecule has 0 saturated carbocycles. The van der Waals surface area contributed by atoms with E-state index in [-0.39, 0.29) is 11.5 Å². The number of hydrogen-bond donors (Lipinski definition) is 1. The van der Waals surface area contributed by atoms with Crippen molar-refractivity contribution in [2.45, 2.75) is 12.5 Å². The van der Waals surface area contributed by atoms with Crippen LogP contribution in [0.4, 0.5) is 4.39 Å². The summed E-state index contributed by atoms with van der Waals surface area (Å²) >= 11 is 1.56. The first kappa shape index (κ1) is 11.3. The topological polar surface area (TPSA) is 56.2 Å². The zero-order valence-corrected chi connectivity index (χ0v) is 10.3. The minimum atomic E-state index is -0.476. The number of fused-ring (bicyclic) bond motifs is 1. The Bertz CT molecular complexity index is 647. The van der Waals surface area contributed by atoms with Crippen LogP contribution in [0, 0.1) is 5.82 Å². The zero-order valence-electron chi connectivity index (χ0n) is 9.45. The van der Waals surface area contributed by atoms with Gasteiger partial charge in [-0.05, 0) is 12.1 Å². The summed E-state index contributed by atoms with van der Waals surface area (Å²) in [7, 11) is 0. The molecule has 18 heavy (non-hydrogen) atoms. The Kier molecular flexibility index (Phi) is 2.81. The van der Waals surface area contributed by atoms with Crippen LogP contribution in [0.15, 0.2) is 36.1 Å². The van der Waals surface area contributed by atoms with Crippen molar-refractivity contribution < 1.29 is 4.39 Å². The highest BCUT2D eigenvalue weighted by molar-refractivity contribution is 7.15. The Morgan fingerprint density at radius 1 is 1.50 bits per heavy atom. The molecule has 0 saturated heterocycles. The van der Waals surface area contributed by atoms with Crippen molar-refractivity contribution in [3.63, 3.8) is 0 Å². The van der Waals surface area contributed by atoms with E-state index in [0.29, 0.717) is 6.42 Å².